The smallest absolute Gasteiger partial charge is 0.310 e. The molecule has 0 aliphatic heterocycles. The average molecular weight is 479 g/mol. The van der Waals surface area contributed by atoms with Crippen molar-refractivity contribution in [3.63, 3.8) is 0 Å². The molecule has 0 spiro atoms. The average Bonchev–Trinajstić information content (AvgIpc) is 2.86. The van der Waals surface area contributed by atoms with Gasteiger partial charge in [-0.25, -0.2) is 0 Å². The van der Waals surface area contributed by atoms with E-state index >= 15 is 0 Å². The summed E-state index contributed by atoms with van der Waals surface area (Å²) in [7, 11) is 0. The lowest BCUT2D eigenvalue weighted by molar-refractivity contribution is -0.161. The predicted molar refractivity (Wildman–Crippen MR) is 142 cm³/mol. The van der Waals surface area contributed by atoms with Gasteiger partial charge in [0.15, 0.2) is 0 Å². The maximum atomic E-state index is 12.6. The fraction of sp³-hybridized carbons (Fsp3) is 0.867. The van der Waals surface area contributed by atoms with Crippen molar-refractivity contribution in [2.45, 2.75) is 136 Å². The molecule has 2 unspecified atom stereocenters. The molecule has 0 saturated carbocycles. The summed E-state index contributed by atoms with van der Waals surface area (Å²) in [6, 6.07) is 0. The molecule has 0 heterocycles. The Bertz CT molecular complexity index is 538. The maximum Gasteiger partial charge on any atom is 0.310 e. The lowest BCUT2D eigenvalue weighted by Crippen LogP contribution is -2.34. The van der Waals surface area contributed by atoms with E-state index < -0.39 is 11.8 Å². The van der Waals surface area contributed by atoms with Crippen molar-refractivity contribution < 1.29 is 19.1 Å². The first-order chi connectivity index (χ1) is 16.6. The van der Waals surface area contributed by atoms with Crippen LogP contribution in [0.1, 0.15) is 136 Å². The third kappa shape index (κ3) is 14.2. The third-order valence-electron chi connectivity index (χ3n) is 7.40. The Hall–Kier alpha value is -1.32. The van der Waals surface area contributed by atoms with E-state index in [1.165, 1.54) is 77.0 Å². The van der Waals surface area contributed by atoms with E-state index in [9.17, 15) is 9.59 Å². The number of carbonyl (C=O) groups is 2. The zero-order valence-corrected chi connectivity index (χ0v) is 22.7. The summed E-state index contributed by atoms with van der Waals surface area (Å²) in [5, 5.41) is 0. The van der Waals surface area contributed by atoms with Crippen molar-refractivity contribution in [2.75, 3.05) is 13.2 Å². The van der Waals surface area contributed by atoms with Crippen molar-refractivity contribution in [1.82, 2.24) is 0 Å². The molecular weight excluding hydrogens is 424 g/mol. The number of hydrogen-bond acceptors (Lipinski definition) is 4. The number of unbranched alkanes of at least 4 members (excludes halogenated alkanes) is 13. The van der Waals surface area contributed by atoms with E-state index in [2.05, 4.69) is 20.8 Å². The van der Waals surface area contributed by atoms with E-state index in [0.29, 0.717) is 32.0 Å². The monoisotopic (exact) mass is 478 g/mol. The van der Waals surface area contributed by atoms with Gasteiger partial charge in [0.25, 0.3) is 0 Å². The molecule has 0 aromatic heterocycles. The van der Waals surface area contributed by atoms with E-state index in [-0.39, 0.29) is 11.9 Å². The number of carbonyl (C=O) groups excluding carboxylic acids is 2. The molecule has 0 N–H and O–H groups in total. The highest BCUT2D eigenvalue weighted by molar-refractivity contribution is 5.82. The normalized spacial score (nSPS) is 17.8. The molecule has 198 valence electrons. The van der Waals surface area contributed by atoms with E-state index in [4.69, 9.17) is 9.47 Å². The number of allylic oxidation sites excluding steroid dienone is 2. The lowest BCUT2D eigenvalue weighted by atomic mass is 9.83. The summed E-state index contributed by atoms with van der Waals surface area (Å²) < 4.78 is 11.1. The Balaban J connectivity index is 2.07. The molecule has 1 rings (SSSR count). The van der Waals surface area contributed by atoms with Gasteiger partial charge in [0, 0.05) is 0 Å². The first-order valence-corrected chi connectivity index (χ1v) is 14.6. The van der Waals surface area contributed by atoms with Crippen LogP contribution in [0, 0.1) is 17.8 Å². The van der Waals surface area contributed by atoms with Gasteiger partial charge in [-0.1, -0.05) is 129 Å². The van der Waals surface area contributed by atoms with Crippen LogP contribution in [0.25, 0.3) is 0 Å². The predicted octanol–water partition coefficient (Wildman–Crippen LogP) is 8.57. The minimum Gasteiger partial charge on any atom is -0.465 e. The molecule has 0 saturated heterocycles. The summed E-state index contributed by atoms with van der Waals surface area (Å²) >= 11 is 0. The van der Waals surface area contributed by atoms with E-state index in [1.807, 2.05) is 12.2 Å². The molecule has 1 aliphatic carbocycles. The Morgan fingerprint density at radius 2 is 1.06 bits per heavy atom. The summed E-state index contributed by atoms with van der Waals surface area (Å²) in [6.07, 6.45) is 25.4. The molecule has 4 heteroatoms. The van der Waals surface area contributed by atoms with E-state index in [0.717, 1.165) is 25.7 Å². The molecule has 4 nitrogen and oxygen atoms in total. The Morgan fingerprint density at radius 1 is 0.647 bits per heavy atom. The number of ether oxygens (including phenoxy) is 2. The first-order valence-electron chi connectivity index (χ1n) is 14.6. The highest BCUT2D eigenvalue weighted by atomic mass is 16.5. The van der Waals surface area contributed by atoms with Gasteiger partial charge in [0.2, 0.25) is 0 Å². The molecule has 0 fully saturated rings. The van der Waals surface area contributed by atoms with Gasteiger partial charge >= 0.3 is 11.9 Å². The van der Waals surface area contributed by atoms with Crippen molar-refractivity contribution in [2.24, 2.45) is 17.8 Å². The second-order valence-corrected chi connectivity index (χ2v) is 10.2. The van der Waals surface area contributed by atoms with Gasteiger partial charge in [-0.15, -0.1) is 0 Å². The zero-order chi connectivity index (χ0) is 24.9. The highest BCUT2D eigenvalue weighted by Crippen LogP contribution is 2.28. The number of hydrogen-bond donors (Lipinski definition) is 0. The maximum absolute atomic E-state index is 12.6. The molecule has 0 radical (unpaired) electrons. The van der Waals surface area contributed by atoms with Gasteiger partial charge < -0.3 is 9.47 Å². The van der Waals surface area contributed by atoms with Crippen LogP contribution in [0.4, 0.5) is 0 Å². The van der Waals surface area contributed by atoms with E-state index in [1.54, 1.807) is 0 Å². The van der Waals surface area contributed by atoms with Crippen LogP contribution in [0.2, 0.25) is 0 Å². The van der Waals surface area contributed by atoms with Gasteiger partial charge in [-0.05, 0) is 25.2 Å². The van der Waals surface area contributed by atoms with Crippen molar-refractivity contribution in [3.05, 3.63) is 12.2 Å². The van der Waals surface area contributed by atoms with Gasteiger partial charge in [0.05, 0.1) is 25.0 Å². The summed E-state index contributed by atoms with van der Waals surface area (Å²) in [5.74, 6) is -0.874. The minimum atomic E-state index is -0.400. The van der Waals surface area contributed by atoms with Crippen LogP contribution in [-0.4, -0.2) is 25.2 Å². The molecule has 34 heavy (non-hydrogen) atoms. The zero-order valence-electron chi connectivity index (χ0n) is 22.7. The van der Waals surface area contributed by atoms with Crippen LogP contribution in [-0.2, 0) is 19.1 Å². The van der Waals surface area contributed by atoms with Gasteiger partial charge in [0.1, 0.15) is 0 Å². The second-order valence-electron chi connectivity index (χ2n) is 10.2. The van der Waals surface area contributed by atoms with Crippen LogP contribution >= 0.6 is 0 Å². The second kappa shape index (κ2) is 21.0. The van der Waals surface area contributed by atoms with Crippen molar-refractivity contribution in [1.29, 1.82) is 0 Å². The highest BCUT2D eigenvalue weighted by Gasteiger charge is 2.36. The summed E-state index contributed by atoms with van der Waals surface area (Å²) in [6.45, 7) is 7.41. The minimum absolute atomic E-state index is 0.233. The van der Waals surface area contributed by atoms with Crippen molar-refractivity contribution >= 4 is 11.9 Å². The molecule has 0 aromatic carbocycles. The fourth-order valence-corrected chi connectivity index (χ4v) is 4.74. The lowest BCUT2D eigenvalue weighted by Gasteiger charge is -2.26. The SMILES string of the molecule is CCCCCCCCCCCCCCCCOC(=O)C1CC=CCC1C(=O)OCC(CC)CC. The Labute approximate surface area is 210 Å². The van der Waals surface area contributed by atoms with Crippen LogP contribution in [0.5, 0.6) is 0 Å². The number of rotatable bonds is 21. The number of esters is 2. The van der Waals surface area contributed by atoms with Crippen molar-refractivity contribution in [3.8, 4) is 0 Å². The molecule has 2 atom stereocenters. The fourth-order valence-electron chi connectivity index (χ4n) is 4.74. The topological polar surface area (TPSA) is 52.6 Å². The summed E-state index contributed by atoms with van der Waals surface area (Å²) in [5.41, 5.74) is 0. The molecule has 0 aromatic rings. The van der Waals surface area contributed by atoms with Gasteiger partial charge in [-0.2, -0.15) is 0 Å². The van der Waals surface area contributed by atoms with Crippen LogP contribution in [0.3, 0.4) is 0 Å². The molecule has 1 aliphatic rings. The molecule has 0 bridgehead atoms. The molecule has 0 amide bonds. The first kappa shape index (κ1) is 30.7. The van der Waals surface area contributed by atoms with Crippen LogP contribution in [0.15, 0.2) is 12.2 Å². The Kier molecular flexibility index (Phi) is 19.0. The molecular formula is C30H54O4. The largest absolute Gasteiger partial charge is 0.465 e. The third-order valence-corrected chi connectivity index (χ3v) is 7.40. The quantitative estimate of drug-likeness (QED) is 0.0941. The van der Waals surface area contributed by atoms with Crippen LogP contribution < -0.4 is 0 Å². The summed E-state index contributed by atoms with van der Waals surface area (Å²) in [4.78, 5) is 25.2. The van der Waals surface area contributed by atoms with Gasteiger partial charge in [-0.3, -0.25) is 9.59 Å². The standard InChI is InChI=1S/C30H54O4/c1-4-7-8-9-10-11-12-13-14-15-16-17-18-21-24-33-29(31)27-22-19-20-23-28(27)30(32)34-25-26(5-2)6-3/h19-20,26-28H,4-18,21-25H2,1-3H3. The Morgan fingerprint density at radius 3 is 1.50 bits per heavy atom.